The fraction of sp³-hybridized carbons (Fsp3) is 0.188. The maximum atomic E-state index is 12.2. The van der Waals surface area contributed by atoms with Crippen molar-refractivity contribution in [3.8, 4) is 17.0 Å². The summed E-state index contributed by atoms with van der Waals surface area (Å²) in [6.07, 6.45) is 1.62. The van der Waals surface area contributed by atoms with E-state index >= 15 is 0 Å². The Morgan fingerprint density at radius 2 is 1.86 bits per heavy atom. The van der Waals surface area contributed by atoms with Gasteiger partial charge in [0.1, 0.15) is 5.75 Å². The number of aliphatic carboxylic acids is 1. The summed E-state index contributed by atoms with van der Waals surface area (Å²) in [5.74, 6) is -0.718. The van der Waals surface area contributed by atoms with Crippen LogP contribution in [0.4, 0.5) is 0 Å². The van der Waals surface area contributed by atoms with Crippen molar-refractivity contribution in [2.75, 3.05) is 20.7 Å². The van der Waals surface area contributed by atoms with E-state index < -0.39 is 12.6 Å². The molecule has 22 heavy (non-hydrogen) atoms. The molecule has 0 fully saturated rings. The van der Waals surface area contributed by atoms with Gasteiger partial charge in [0.2, 0.25) is 0 Å². The largest absolute Gasteiger partial charge is 0.482 e. The molecule has 1 heterocycles. The van der Waals surface area contributed by atoms with Crippen molar-refractivity contribution in [1.29, 1.82) is 0 Å². The summed E-state index contributed by atoms with van der Waals surface area (Å²) in [5.41, 5.74) is 1.84. The maximum absolute atomic E-state index is 12.2. The lowest BCUT2D eigenvalue weighted by atomic mass is 10.0. The summed E-state index contributed by atoms with van der Waals surface area (Å²) in [6.45, 7) is -0.396. The number of amides is 1. The second kappa shape index (κ2) is 6.71. The lowest BCUT2D eigenvalue weighted by molar-refractivity contribution is -0.139. The fourth-order valence-corrected chi connectivity index (χ4v) is 1.90. The topological polar surface area (TPSA) is 79.7 Å². The number of carboxylic acid groups (broad SMARTS) is 1. The molecule has 0 bridgehead atoms. The normalized spacial score (nSPS) is 10.1. The van der Waals surface area contributed by atoms with Crippen molar-refractivity contribution >= 4 is 11.9 Å². The Kier molecular flexibility index (Phi) is 4.73. The van der Waals surface area contributed by atoms with E-state index in [1.54, 1.807) is 56.7 Å². The van der Waals surface area contributed by atoms with Crippen LogP contribution in [-0.4, -0.2) is 47.6 Å². The second-order valence-electron chi connectivity index (χ2n) is 4.81. The van der Waals surface area contributed by atoms with E-state index in [1.165, 1.54) is 4.90 Å². The van der Waals surface area contributed by atoms with Gasteiger partial charge < -0.3 is 14.7 Å². The molecular weight excluding hydrogens is 284 g/mol. The molecule has 6 heteroatoms. The zero-order valence-corrected chi connectivity index (χ0v) is 12.3. The average molecular weight is 300 g/mol. The first-order chi connectivity index (χ1) is 10.5. The Balaban J connectivity index is 2.29. The number of aromatic nitrogens is 1. The number of carbonyl (C=O) groups is 2. The monoisotopic (exact) mass is 300 g/mol. The molecule has 0 saturated carbocycles. The third kappa shape index (κ3) is 3.60. The van der Waals surface area contributed by atoms with Crippen molar-refractivity contribution in [3.63, 3.8) is 0 Å². The quantitative estimate of drug-likeness (QED) is 0.912. The molecule has 1 aromatic heterocycles. The molecule has 114 valence electrons. The molecule has 2 aromatic rings. The zero-order chi connectivity index (χ0) is 16.1. The number of carbonyl (C=O) groups excluding carboxylic acids is 1. The van der Waals surface area contributed by atoms with Gasteiger partial charge in [0.05, 0.1) is 11.3 Å². The smallest absolute Gasteiger partial charge is 0.341 e. The number of hydrogen-bond acceptors (Lipinski definition) is 4. The summed E-state index contributed by atoms with van der Waals surface area (Å²) >= 11 is 0. The molecule has 6 nitrogen and oxygen atoms in total. The molecular formula is C16H16N2O4. The van der Waals surface area contributed by atoms with Crippen LogP contribution in [0.5, 0.6) is 5.75 Å². The van der Waals surface area contributed by atoms with Gasteiger partial charge in [-0.25, -0.2) is 4.79 Å². The Morgan fingerprint density at radius 1 is 1.18 bits per heavy atom. The second-order valence-corrected chi connectivity index (χ2v) is 4.81. The number of carboxylic acids is 1. The van der Waals surface area contributed by atoms with Crippen LogP contribution in [0.1, 0.15) is 10.4 Å². The Morgan fingerprint density at radius 3 is 2.45 bits per heavy atom. The van der Waals surface area contributed by atoms with E-state index in [1.807, 2.05) is 0 Å². The highest BCUT2D eigenvalue weighted by atomic mass is 16.5. The summed E-state index contributed by atoms with van der Waals surface area (Å²) in [5, 5.41) is 8.58. The number of nitrogens with zero attached hydrogens (tertiary/aromatic N) is 2. The highest BCUT2D eigenvalue weighted by Gasteiger charge is 2.15. The van der Waals surface area contributed by atoms with E-state index in [9.17, 15) is 9.59 Å². The van der Waals surface area contributed by atoms with Crippen molar-refractivity contribution in [2.24, 2.45) is 0 Å². The van der Waals surface area contributed by atoms with E-state index in [0.717, 1.165) is 5.56 Å². The predicted molar refractivity (Wildman–Crippen MR) is 80.8 cm³/mol. The molecule has 1 N–H and O–H groups in total. The minimum Gasteiger partial charge on any atom is -0.482 e. The molecule has 0 saturated heterocycles. The Labute approximate surface area is 128 Å². The van der Waals surface area contributed by atoms with Crippen LogP contribution in [0.25, 0.3) is 11.3 Å². The Hall–Kier alpha value is -2.89. The van der Waals surface area contributed by atoms with Crippen LogP contribution in [-0.2, 0) is 4.79 Å². The summed E-state index contributed by atoms with van der Waals surface area (Å²) in [7, 11) is 3.36. The summed E-state index contributed by atoms with van der Waals surface area (Å²) in [6, 6.07) is 10.2. The van der Waals surface area contributed by atoms with Gasteiger partial charge in [-0.1, -0.05) is 0 Å². The van der Waals surface area contributed by atoms with Crippen LogP contribution in [0, 0.1) is 0 Å². The lowest BCUT2D eigenvalue weighted by Crippen LogP contribution is -2.22. The van der Waals surface area contributed by atoms with Crippen molar-refractivity contribution in [1.82, 2.24) is 9.88 Å². The number of hydrogen-bond donors (Lipinski definition) is 1. The van der Waals surface area contributed by atoms with Crippen molar-refractivity contribution in [2.45, 2.75) is 0 Å². The molecule has 1 amide bonds. The summed E-state index contributed by atoms with van der Waals surface area (Å²) < 4.78 is 5.08. The van der Waals surface area contributed by atoms with E-state index in [0.29, 0.717) is 17.0 Å². The third-order valence-corrected chi connectivity index (χ3v) is 2.93. The van der Waals surface area contributed by atoms with Crippen molar-refractivity contribution in [3.05, 3.63) is 48.2 Å². The Bertz CT molecular complexity index is 681. The van der Waals surface area contributed by atoms with Gasteiger partial charge in [-0.15, -0.1) is 0 Å². The molecule has 0 atom stereocenters. The molecule has 1 aromatic carbocycles. The molecule has 0 aliphatic heterocycles. The van der Waals surface area contributed by atoms with Gasteiger partial charge in [-0.05, 0) is 36.4 Å². The fourth-order valence-electron chi connectivity index (χ4n) is 1.90. The number of benzene rings is 1. The van der Waals surface area contributed by atoms with Gasteiger partial charge in [0, 0.05) is 25.9 Å². The van der Waals surface area contributed by atoms with Crippen LogP contribution in [0.15, 0.2) is 42.6 Å². The standard InChI is InChI=1S/C16H16N2O4/c1-18(2)16(21)13-4-3-9-17-15(13)11-5-7-12(8-6-11)22-10-14(19)20/h3-9H,10H2,1-2H3,(H,19,20). The van der Waals surface area contributed by atoms with E-state index in [2.05, 4.69) is 4.98 Å². The zero-order valence-electron chi connectivity index (χ0n) is 12.3. The molecule has 0 aliphatic rings. The molecule has 2 rings (SSSR count). The first-order valence-electron chi connectivity index (χ1n) is 6.60. The van der Waals surface area contributed by atoms with Gasteiger partial charge >= 0.3 is 5.97 Å². The first kappa shape index (κ1) is 15.5. The minimum absolute atomic E-state index is 0.130. The maximum Gasteiger partial charge on any atom is 0.341 e. The average Bonchev–Trinajstić information content (AvgIpc) is 2.52. The molecule has 0 radical (unpaired) electrons. The first-order valence-corrected chi connectivity index (χ1v) is 6.60. The number of ether oxygens (including phenoxy) is 1. The highest BCUT2D eigenvalue weighted by molar-refractivity contribution is 5.99. The van der Waals surface area contributed by atoms with Gasteiger partial charge in [-0.3, -0.25) is 9.78 Å². The number of rotatable bonds is 5. The lowest BCUT2D eigenvalue weighted by Gasteiger charge is -2.13. The minimum atomic E-state index is -1.03. The van der Waals surface area contributed by atoms with Crippen molar-refractivity contribution < 1.29 is 19.4 Å². The van der Waals surface area contributed by atoms with E-state index in [4.69, 9.17) is 9.84 Å². The molecule has 0 unspecified atom stereocenters. The summed E-state index contributed by atoms with van der Waals surface area (Å²) in [4.78, 5) is 28.4. The SMILES string of the molecule is CN(C)C(=O)c1cccnc1-c1ccc(OCC(=O)O)cc1. The van der Waals surface area contributed by atoms with Gasteiger partial charge in [0.15, 0.2) is 6.61 Å². The third-order valence-electron chi connectivity index (χ3n) is 2.93. The highest BCUT2D eigenvalue weighted by Crippen LogP contribution is 2.24. The predicted octanol–water partition coefficient (Wildman–Crippen LogP) is 1.91. The van der Waals surface area contributed by atoms with Crippen LogP contribution < -0.4 is 4.74 Å². The molecule has 0 aliphatic carbocycles. The van der Waals surface area contributed by atoms with Crippen LogP contribution >= 0.6 is 0 Å². The van der Waals surface area contributed by atoms with Gasteiger partial charge in [-0.2, -0.15) is 0 Å². The van der Waals surface area contributed by atoms with Crippen LogP contribution in [0.2, 0.25) is 0 Å². The number of pyridine rings is 1. The van der Waals surface area contributed by atoms with E-state index in [-0.39, 0.29) is 5.91 Å². The van der Waals surface area contributed by atoms with Gasteiger partial charge in [0.25, 0.3) is 5.91 Å². The molecule has 0 spiro atoms. The van der Waals surface area contributed by atoms with Crippen LogP contribution in [0.3, 0.4) is 0 Å².